The first-order chi connectivity index (χ1) is 17.4. The van der Waals surface area contributed by atoms with Gasteiger partial charge in [0, 0.05) is 67.8 Å². The highest BCUT2D eigenvalue weighted by molar-refractivity contribution is 6.21. The lowest BCUT2D eigenvalue weighted by molar-refractivity contribution is -0.133. The van der Waals surface area contributed by atoms with Crippen LogP contribution in [0, 0.1) is 5.82 Å². The van der Waals surface area contributed by atoms with Crippen LogP contribution < -0.4 is 5.43 Å². The summed E-state index contributed by atoms with van der Waals surface area (Å²) in [6.07, 6.45) is 8.03. The van der Waals surface area contributed by atoms with Gasteiger partial charge in [-0.05, 0) is 42.5 Å². The van der Waals surface area contributed by atoms with E-state index in [-0.39, 0.29) is 24.1 Å². The molecule has 0 radical (unpaired) electrons. The molecule has 1 amide bonds. The highest BCUT2D eigenvalue weighted by Gasteiger charge is 2.33. The Morgan fingerprint density at radius 3 is 2.86 bits per heavy atom. The molecule has 1 aliphatic carbocycles. The Labute approximate surface area is 208 Å². The lowest BCUT2D eigenvalue weighted by atomic mass is 9.87. The van der Waals surface area contributed by atoms with E-state index in [0.717, 1.165) is 42.7 Å². The van der Waals surface area contributed by atoms with Crippen LogP contribution in [0.15, 0.2) is 52.4 Å². The lowest BCUT2D eigenvalue weighted by Crippen LogP contribution is -2.45. The van der Waals surface area contributed by atoms with Gasteiger partial charge < -0.3 is 14.9 Å². The Hall–Kier alpha value is -3.30. The Kier molecular flexibility index (Phi) is 5.76. The predicted molar refractivity (Wildman–Crippen MR) is 134 cm³/mol. The molecule has 0 spiro atoms. The predicted octanol–water partition coefficient (Wildman–Crippen LogP) is 2.61. The van der Waals surface area contributed by atoms with Gasteiger partial charge in [-0.1, -0.05) is 6.08 Å². The number of amides is 1. The highest BCUT2D eigenvalue weighted by Crippen LogP contribution is 2.41. The molecule has 6 rings (SSSR count). The molecule has 1 fully saturated rings. The number of allylic oxidation sites excluding steroid dienone is 2. The molecule has 1 aromatic rings. The molecule has 7 nitrogen and oxygen atoms in total. The zero-order valence-corrected chi connectivity index (χ0v) is 20.2. The van der Waals surface area contributed by atoms with Crippen LogP contribution in [-0.2, 0) is 4.79 Å². The summed E-state index contributed by atoms with van der Waals surface area (Å²) in [5.74, 6) is -0.888. The van der Waals surface area contributed by atoms with Crippen molar-refractivity contribution in [2.45, 2.75) is 25.3 Å². The molecule has 188 valence electrons. The van der Waals surface area contributed by atoms with E-state index in [9.17, 15) is 18.7 Å². The van der Waals surface area contributed by atoms with Gasteiger partial charge in [0.25, 0.3) is 0 Å². The minimum absolute atomic E-state index is 0.0181. The average molecular weight is 494 g/mol. The van der Waals surface area contributed by atoms with Crippen molar-refractivity contribution in [3.63, 3.8) is 0 Å². The second kappa shape index (κ2) is 8.97. The maximum Gasteiger partial charge on any atom is 0.237 e. The number of fused-ring (bicyclic) bond motifs is 2. The zero-order chi connectivity index (χ0) is 25.0. The molecule has 0 unspecified atom stereocenters. The molecule has 0 saturated carbocycles. The van der Waals surface area contributed by atoms with Gasteiger partial charge in [-0.25, -0.2) is 8.78 Å². The number of likely N-dealkylation sites (N-methyl/N-ethyl adjacent to an activating group) is 1. The SMILES string of the molecule is CN1C=C2C(=C(C3=CCN(CC(=O)N4CCC[C@@H]4CO)CC3)C1)NN=C1C=C(F)c3cc(F)cc2c31. The number of aliphatic hydroxyl groups excluding tert-OH is 1. The summed E-state index contributed by atoms with van der Waals surface area (Å²) >= 11 is 0. The van der Waals surface area contributed by atoms with E-state index >= 15 is 0 Å². The first-order valence-electron chi connectivity index (χ1n) is 12.5. The van der Waals surface area contributed by atoms with Crippen LogP contribution in [0.4, 0.5) is 8.78 Å². The van der Waals surface area contributed by atoms with Crippen LogP contribution in [0.1, 0.15) is 36.0 Å². The van der Waals surface area contributed by atoms with Crippen LogP contribution in [0.3, 0.4) is 0 Å². The fourth-order valence-electron chi connectivity index (χ4n) is 5.94. The monoisotopic (exact) mass is 493 g/mol. The van der Waals surface area contributed by atoms with E-state index in [1.807, 2.05) is 18.1 Å². The maximum atomic E-state index is 14.5. The summed E-state index contributed by atoms with van der Waals surface area (Å²) in [7, 11) is 1.97. The largest absolute Gasteiger partial charge is 0.394 e. The topological polar surface area (TPSA) is 71.4 Å². The van der Waals surface area contributed by atoms with Crippen LogP contribution in [-0.4, -0.2) is 83.8 Å². The smallest absolute Gasteiger partial charge is 0.237 e. The summed E-state index contributed by atoms with van der Waals surface area (Å²) in [5, 5.41) is 14.0. The van der Waals surface area contributed by atoms with Gasteiger partial charge in [-0.2, -0.15) is 5.10 Å². The molecular weight excluding hydrogens is 464 g/mol. The van der Waals surface area contributed by atoms with Crippen molar-refractivity contribution in [2.75, 3.05) is 46.4 Å². The summed E-state index contributed by atoms with van der Waals surface area (Å²) in [6, 6.07) is 2.62. The zero-order valence-electron chi connectivity index (χ0n) is 20.2. The normalized spacial score (nSPS) is 23.4. The second-order valence-electron chi connectivity index (χ2n) is 10.1. The summed E-state index contributed by atoms with van der Waals surface area (Å²) in [6.45, 7) is 3.13. The average Bonchev–Trinajstić information content (AvgIpc) is 3.43. The standard InChI is InChI=1S/C27H29F2N5O2/c1-32-12-21(16-4-7-33(8-5-16)14-25(36)34-6-2-3-18(34)15-35)27-22(13-32)19-9-17(28)10-20-23(29)11-24(26(19)20)30-31-27/h4,9-11,13,18,31,35H,2-3,5-8,12,14-15H2,1H3/t18-/m1/s1. The van der Waals surface area contributed by atoms with Gasteiger partial charge >= 0.3 is 0 Å². The van der Waals surface area contributed by atoms with Crippen molar-refractivity contribution in [3.05, 3.63) is 69.8 Å². The van der Waals surface area contributed by atoms with Crippen molar-refractivity contribution in [1.29, 1.82) is 0 Å². The van der Waals surface area contributed by atoms with Crippen molar-refractivity contribution in [3.8, 4) is 0 Å². The molecule has 9 heteroatoms. The number of aliphatic hydroxyl groups is 1. The summed E-state index contributed by atoms with van der Waals surface area (Å²) < 4.78 is 29.0. The van der Waals surface area contributed by atoms with Crippen LogP contribution in [0.2, 0.25) is 0 Å². The van der Waals surface area contributed by atoms with E-state index in [0.29, 0.717) is 43.0 Å². The molecule has 4 aliphatic heterocycles. The Bertz CT molecular complexity index is 1300. The number of rotatable bonds is 4. The molecule has 4 heterocycles. The first kappa shape index (κ1) is 23.1. The molecule has 0 bridgehead atoms. The van der Waals surface area contributed by atoms with Crippen LogP contribution in [0.25, 0.3) is 11.4 Å². The second-order valence-corrected chi connectivity index (χ2v) is 10.1. The van der Waals surface area contributed by atoms with E-state index in [1.54, 1.807) is 0 Å². The number of nitrogens with one attached hydrogen (secondary N) is 1. The van der Waals surface area contributed by atoms with Gasteiger partial charge in [-0.15, -0.1) is 0 Å². The van der Waals surface area contributed by atoms with Gasteiger partial charge in [0.2, 0.25) is 5.91 Å². The Morgan fingerprint density at radius 2 is 2.08 bits per heavy atom. The number of halogens is 2. The molecular formula is C27H29F2N5O2. The third-order valence-electron chi connectivity index (χ3n) is 7.73. The van der Waals surface area contributed by atoms with Crippen LogP contribution in [0.5, 0.6) is 0 Å². The fraction of sp³-hybridized carbons (Fsp3) is 0.407. The maximum absolute atomic E-state index is 14.5. The minimum atomic E-state index is -0.482. The van der Waals surface area contributed by atoms with E-state index < -0.39 is 11.6 Å². The van der Waals surface area contributed by atoms with Gasteiger partial charge in [0.1, 0.15) is 11.6 Å². The van der Waals surface area contributed by atoms with Crippen molar-refractivity contribution in [2.24, 2.45) is 5.10 Å². The van der Waals surface area contributed by atoms with Gasteiger partial charge in [0.15, 0.2) is 0 Å². The van der Waals surface area contributed by atoms with Crippen LogP contribution >= 0.6 is 0 Å². The number of nitrogens with zero attached hydrogens (tertiary/aromatic N) is 4. The summed E-state index contributed by atoms with van der Waals surface area (Å²) in [5.41, 5.74) is 8.96. The minimum Gasteiger partial charge on any atom is -0.394 e. The Morgan fingerprint density at radius 1 is 1.25 bits per heavy atom. The molecule has 1 atom stereocenters. The van der Waals surface area contributed by atoms with Crippen molar-refractivity contribution < 1.29 is 18.7 Å². The molecule has 1 saturated heterocycles. The number of carbonyl (C=O) groups is 1. The number of benzene rings is 1. The quantitative estimate of drug-likeness (QED) is 0.675. The van der Waals surface area contributed by atoms with Gasteiger partial charge in [-0.3, -0.25) is 15.1 Å². The lowest BCUT2D eigenvalue weighted by Gasteiger charge is -2.33. The summed E-state index contributed by atoms with van der Waals surface area (Å²) in [4.78, 5) is 18.8. The van der Waals surface area contributed by atoms with Gasteiger partial charge in [0.05, 0.1) is 30.6 Å². The van der Waals surface area contributed by atoms with E-state index in [4.69, 9.17) is 0 Å². The third-order valence-corrected chi connectivity index (χ3v) is 7.73. The molecule has 0 aromatic heterocycles. The number of carbonyl (C=O) groups excluding carboxylic acids is 1. The third kappa shape index (κ3) is 3.87. The molecule has 36 heavy (non-hydrogen) atoms. The highest BCUT2D eigenvalue weighted by atomic mass is 19.1. The molecule has 5 aliphatic rings. The van der Waals surface area contributed by atoms with Crippen molar-refractivity contribution in [1.82, 2.24) is 20.1 Å². The fourth-order valence-corrected chi connectivity index (χ4v) is 5.94. The number of likely N-dealkylation sites (tertiary alicyclic amines) is 1. The molecule has 1 aromatic carbocycles. The van der Waals surface area contributed by atoms with E-state index in [2.05, 4.69) is 26.4 Å². The molecule has 2 N–H and O–H groups in total. The number of hydrogen-bond acceptors (Lipinski definition) is 6. The number of hydrazone groups is 1. The van der Waals surface area contributed by atoms with Crippen molar-refractivity contribution >= 4 is 23.0 Å². The number of hydrogen-bond donors (Lipinski definition) is 2. The van der Waals surface area contributed by atoms with E-state index in [1.165, 1.54) is 23.8 Å². The first-order valence-corrected chi connectivity index (χ1v) is 12.5. The Balaban J connectivity index is 1.28.